The van der Waals surface area contributed by atoms with Gasteiger partial charge in [-0.15, -0.1) is 0 Å². The average molecular weight is 335 g/mol. The van der Waals surface area contributed by atoms with Crippen molar-refractivity contribution in [3.05, 3.63) is 0 Å². The fourth-order valence-electron chi connectivity index (χ4n) is 1.66. The summed E-state index contributed by atoms with van der Waals surface area (Å²) < 4.78 is 14.5. The summed E-state index contributed by atoms with van der Waals surface area (Å²) >= 11 is 0. The third-order valence-electron chi connectivity index (χ3n) is 2.45. The number of rotatable bonds is 8. The second-order valence-electron chi connectivity index (χ2n) is 6.48. The van der Waals surface area contributed by atoms with E-state index >= 15 is 0 Å². The lowest BCUT2D eigenvalue weighted by molar-refractivity contribution is -0.141. The van der Waals surface area contributed by atoms with Gasteiger partial charge in [0.1, 0.15) is 5.60 Å². The van der Waals surface area contributed by atoms with Crippen molar-refractivity contribution >= 4 is 12.1 Å². The molecule has 0 spiro atoms. The van der Waals surface area contributed by atoms with Gasteiger partial charge in [0.15, 0.2) is 0 Å². The number of carbonyl (C=O) groups is 2. The zero-order valence-electron chi connectivity index (χ0n) is 15.3. The van der Waals surface area contributed by atoms with E-state index in [0.29, 0.717) is 32.0 Å². The van der Waals surface area contributed by atoms with Crippen molar-refractivity contribution in [2.45, 2.75) is 65.6 Å². The Kier molecular flexibility index (Phi) is 13.7. The SMILES string of the molecule is CC(C)(C)OC(N)=O.COC(=O)CCCOCC(C)CC(C)O. The molecule has 23 heavy (non-hydrogen) atoms. The van der Waals surface area contributed by atoms with Crippen molar-refractivity contribution in [3.63, 3.8) is 0 Å². The van der Waals surface area contributed by atoms with Crippen LogP contribution in [0.5, 0.6) is 0 Å². The molecule has 2 atom stereocenters. The molecule has 0 aliphatic carbocycles. The van der Waals surface area contributed by atoms with Crippen LogP contribution < -0.4 is 5.73 Å². The van der Waals surface area contributed by atoms with Gasteiger partial charge in [0.05, 0.1) is 13.2 Å². The molecular weight excluding hydrogens is 302 g/mol. The lowest BCUT2D eigenvalue weighted by Crippen LogP contribution is -2.27. The van der Waals surface area contributed by atoms with E-state index in [-0.39, 0.29) is 12.1 Å². The molecule has 0 saturated heterocycles. The van der Waals surface area contributed by atoms with Crippen LogP contribution in [0.15, 0.2) is 0 Å². The van der Waals surface area contributed by atoms with Crippen LogP contribution >= 0.6 is 0 Å². The van der Waals surface area contributed by atoms with Gasteiger partial charge in [-0.25, -0.2) is 4.79 Å². The largest absolute Gasteiger partial charge is 0.469 e. The minimum Gasteiger partial charge on any atom is -0.469 e. The summed E-state index contributed by atoms with van der Waals surface area (Å²) in [6, 6.07) is 0. The third kappa shape index (κ3) is 23.1. The molecule has 1 amide bonds. The Bertz CT molecular complexity index is 325. The molecule has 138 valence electrons. The Morgan fingerprint density at radius 2 is 1.78 bits per heavy atom. The predicted molar refractivity (Wildman–Crippen MR) is 88.0 cm³/mol. The van der Waals surface area contributed by atoms with E-state index in [1.807, 2.05) is 6.92 Å². The molecule has 0 aromatic heterocycles. The molecule has 0 bridgehead atoms. The molecule has 7 nitrogen and oxygen atoms in total. The highest BCUT2D eigenvalue weighted by Crippen LogP contribution is 2.06. The van der Waals surface area contributed by atoms with Gasteiger partial charge in [0.2, 0.25) is 0 Å². The Morgan fingerprint density at radius 1 is 1.22 bits per heavy atom. The molecule has 0 heterocycles. The number of hydrogen-bond donors (Lipinski definition) is 2. The quantitative estimate of drug-likeness (QED) is 0.520. The lowest BCUT2D eigenvalue weighted by Gasteiger charge is -2.16. The summed E-state index contributed by atoms with van der Waals surface area (Å²) in [7, 11) is 1.38. The molecule has 0 rings (SSSR count). The number of hydrogen-bond acceptors (Lipinski definition) is 6. The highest BCUT2D eigenvalue weighted by atomic mass is 16.6. The van der Waals surface area contributed by atoms with Gasteiger partial charge in [0.25, 0.3) is 0 Å². The van der Waals surface area contributed by atoms with Gasteiger partial charge in [-0.05, 0) is 46.5 Å². The summed E-state index contributed by atoms with van der Waals surface area (Å²) in [6.45, 7) is 10.3. The summed E-state index contributed by atoms with van der Waals surface area (Å²) in [5.41, 5.74) is 4.26. The van der Waals surface area contributed by atoms with E-state index in [0.717, 1.165) is 6.42 Å². The Balaban J connectivity index is 0. The maximum atomic E-state index is 10.7. The predicted octanol–water partition coefficient (Wildman–Crippen LogP) is 2.24. The molecule has 2 unspecified atom stereocenters. The summed E-state index contributed by atoms with van der Waals surface area (Å²) in [4.78, 5) is 20.8. The summed E-state index contributed by atoms with van der Waals surface area (Å²) in [5.74, 6) is 0.152. The number of methoxy groups -OCH3 is 1. The Morgan fingerprint density at radius 3 is 2.13 bits per heavy atom. The molecule has 3 N–H and O–H groups in total. The van der Waals surface area contributed by atoms with Crippen LogP contribution in [-0.4, -0.2) is 49.2 Å². The number of nitrogens with two attached hydrogens (primary N) is 1. The van der Waals surface area contributed by atoms with E-state index in [2.05, 4.69) is 9.47 Å². The van der Waals surface area contributed by atoms with Gasteiger partial charge in [-0.2, -0.15) is 0 Å². The van der Waals surface area contributed by atoms with E-state index in [1.165, 1.54) is 7.11 Å². The van der Waals surface area contributed by atoms with E-state index in [4.69, 9.17) is 15.6 Å². The first-order valence-electron chi connectivity index (χ1n) is 7.79. The summed E-state index contributed by atoms with van der Waals surface area (Å²) in [6.07, 6.45) is 0.836. The molecule has 0 fully saturated rings. The maximum Gasteiger partial charge on any atom is 0.405 e. The fraction of sp³-hybridized carbons (Fsp3) is 0.875. The van der Waals surface area contributed by atoms with Crippen molar-refractivity contribution < 1.29 is 28.9 Å². The number of carbonyl (C=O) groups excluding carboxylic acids is 2. The van der Waals surface area contributed by atoms with Crippen LogP contribution in [-0.2, 0) is 19.0 Å². The number of primary amides is 1. The topological polar surface area (TPSA) is 108 Å². The van der Waals surface area contributed by atoms with Crippen LogP contribution in [0, 0.1) is 5.92 Å². The standard InChI is InChI=1S/C11H22O4.C5H11NO2/c1-9(7-10(2)12)8-15-6-4-5-11(13)14-3;1-5(2,3)8-4(6)7/h9-10,12H,4-8H2,1-3H3;1-3H3,(H2,6,7). The van der Waals surface area contributed by atoms with Crippen LogP contribution in [0.3, 0.4) is 0 Å². The first-order valence-corrected chi connectivity index (χ1v) is 7.79. The molecule has 0 aromatic rings. The first-order chi connectivity index (χ1) is 10.5. The van der Waals surface area contributed by atoms with Crippen molar-refractivity contribution in [2.24, 2.45) is 11.7 Å². The van der Waals surface area contributed by atoms with Crippen molar-refractivity contribution in [1.29, 1.82) is 0 Å². The smallest absolute Gasteiger partial charge is 0.405 e. The number of ether oxygens (including phenoxy) is 3. The first kappa shape index (κ1) is 23.9. The van der Waals surface area contributed by atoms with Gasteiger partial charge in [0, 0.05) is 19.6 Å². The second-order valence-corrected chi connectivity index (χ2v) is 6.48. The molecule has 7 heteroatoms. The van der Waals surface area contributed by atoms with Crippen LogP contribution in [0.1, 0.15) is 53.9 Å². The number of aliphatic hydroxyl groups is 1. The van der Waals surface area contributed by atoms with Crippen LogP contribution in [0.4, 0.5) is 4.79 Å². The molecule has 0 aliphatic rings. The van der Waals surface area contributed by atoms with Gasteiger partial charge < -0.3 is 25.1 Å². The third-order valence-corrected chi connectivity index (χ3v) is 2.45. The summed E-state index contributed by atoms with van der Waals surface area (Å²) in [5, 5.41) is 9.11. The molecule has 0 radical (unpaired) electrons. The van der Waals surface area contributed by atoms with E-state index < -0.39 is 11.7 Å². The fourth-order valence-corrected chi connectivity index (χ4v) is 1.66. The molecule has 0 aromatic carbocycles. The minimum atomic E-state index is -0.725. The number of aliphatic hydroxyl groups excluding tert-OH is 1. The second kappa shape index (κ2) is 13.1. The van der Waals surface area contributed by atoms with Gasteiger partial charge in [-0.3, -0.25) is 4.79 Å². The minimum absolute atomic E-state index is 0.198. The zero-order valence-corrected chi connectivity index (χ0v) is 15.3. The zero-order chi connectivity index (χ0) is 18.5. The number of esters is 1. The van der Waals surface area contributed by atoms with Crippen molar-refractivity contribution in [1.82, 2.24) is 0 Å². The van der Waals surface area contributed by atoms with Crippen LogP contribution in [0.2, 0.25) is 0 Å². The van der Waals surface area contributed by atoms with E-state index in [1.54, 1.807) is 27.7 Å². The molecule has 0 aliphatic heterocycles. The lowest BCUT2D eigenvalue weighted by atomic mass is 10.1. The average Bonchev–Trinajstić information content (AvgIpc) is 2.34. The monoisotopic (exact) mass is 335 g/mol. The maximum absolute atomic E-state index is 10.7. The Labute approximate surface area is 139 Å². The molecule has 0 saturated carbocycles. The van der Waals surface area contributed by atoms with Crippen molar-refractivity contribution in [2.75, 3.05) is 20.3 Å². The number of amides is 1. The van der Waals surface area contributed by atoms with Gasteiger partial charge >= 0.3 is 12.1 Å². The highest BCUT2D eigenvalue weighted by molar-refractivity contribution is 5.69. The normalized spacial score (nSPS) is 13.3. The Hall–Kier alpha value is -1.34. The molecular formula is C16H33NO6. The van der Waals surface area contributed by atoms with E-state index in [9.17, 15) is 9.59 Å². The van der Waals surface area contributed by atoms with Crippen molar-refractivity contribution in [3.8, 4) is 0 Å². The highest BCUT2D eigenvalue weighted by Gasteiger charge is 2.12. The van der Waals surface area contributed by atoms with Crippen LogP contribution in [0.25, 0.3) is 0 Å². The van der Waals surface area contributed by atoms with Gasteiger partial charge in [-0.1, -0.05) is 6.92 Å².